The van der Waals surface area contributed by atoms with Gasteiger partial charge < -0.3 is 4.42 Å². The number of para-hydroxylation sites is 2. The molecule has 0 saturated carbocycles. The van der Waals surface area contributed by atoms with Crippen molar-refractivity contribution in [1.82, 2.24) is 4.57 Å². The molecule has 2 aromatic heterocycles. The number of furan rings is 1. The highest BCUT2D eigenvalue weighted by atomic mass is 16.3. The zero-order valence-corrected chi connectivity index (χ0v) is 16.7. The normalized spacial score (nSPS) is 12.0. The van der Waals surface area contributed by atoms with Crippen LogP contribution >= 0.6 is 0 Å². The van der Waals surface area contributed by atoms with Crippen LogP contribution < -0.4 is 4.57 Å². The van der Waals surface area contributed by atoms with Crippen molar-refractivity contribution >= 4 is 43.7 Å². The Morgan fingerprint density at radius 1 is 0.793 bits per heavy atom. The molecular weight excluding hydrogens is 356 g/mol. The molecule has 3 heteroatoms. The molecule has 0 aliphatic carbocycles. The van der Waals surface area contributed by atoms with Crippen LogP contribution in [0.2, 0.25) is 0 Å². The fourth-order valence-electron chi connectivity index (χ4n) is 4.60. The molecule has 4 aromatic carbocycles. The quantitative estimate of drug-likeness (QED) is 0.316. The van der Waals surface area contributed by atoms with E-state index in [4.69, 9.17) is 4.42 Å². The van der Waals surface area contributed by atoms with Gasteiger partial charge in [0.15, 0.2) is 11.0 Å². The smallest absolute Gasteiger partial charge is 0.259 e. The van der Waals surface area contributed by atoms with Gasteiger partial charge in [0.2, 0.25) is 0 Å². The minimum atomic E-state index is 0.936. The van der Waals surface area contributed by atoms with Crippen molar-refractivity contribution in [1.29, 1.82) is 0 Å². The minimum absolute atomic E-state index is 0.936. The molecule has 0 atom stereocenters. The number of fused-ring (bicyclic) bond motifs is 6. The first kappa shape index (κ1) is 16.4. The van der Waals surface area contributed by atoms with Gasteiger partial charge in [0, 0.05) is 29.1 Å². The summed E-state index contributed by atoms with van der Waals surface area (Å²) in [4.78, 5) is 0. The predicted octanol–water partition coefficient (Wildman–Crippen LogP) is 6.12. The number of hydrogen-bond acceptors (Lipinski definition) is 1. The molecule has 0 radical (unpaired) electrons. The first-order valence-corrected chi connectivity index (χ1v) is 9.94. The van der Waals surface area contributed by atoms with E-state index in [0.717, 1.165) is 16.6 Å². The molecule has 0 N–H and O–H groups in total. The van der Waals surface area contributed by atoms with E-state index in [9.17, 15) is 0 Å². The van der Waals surface area contributed by atoms with Crippen LogP contribution in [-0.4, -0.2) is 4.57 Å². The molecule has 29 heavy (non-hydrogen) atoms. The van der Waals surface area contributed by atoms with Crippen molar-refractivity contribution in [3.63, 3.8) is 0 Å². The molecule has 0 unspecified atom stereocenters. The van der Waals surface area contributed by atoms with E-state index in [1.54, 1.807) is 0 Å². The van der Waals surface area contributed by atoms with Crippen molar-refractivity contribution in [2.75, 3.05) is 0 Å². The van der Waals surface area contributed by atoms with Gasteiger partial charge >= 0.3 is 0 Å². The Balaban J connectivity index is 1.79. The Kier molecular flexibility index (Phi) is 3.22. The van der Waals surface area contributed by atoms with Gasteiger partial charge in [-0.3, -0.25) is 0 Å². The predicted molar refractivity (Wildman–Crippen MR) is 119 cm³/mol. The zero-order valence-electron chi connectivity index (χ0n) is 16.7. The van der Waals surface area contributed by atoms with Crippen molar-refractivity contribution < 1.29 is 8.98 Å². The maximum absolute atomic E-state index is 6.30. The fourth-order valence-corrected chi connectivity index (χ4v) is 4.60. The summed E-state index contributed by atoms with van der Waals surface area (Å²) >= 11 is 0. The molecule has 0 aliphatic heterocycles. The van der Waals surface area contributed by atoms with Crippen molar-refractivity contribution in [3.05, 3.63) is 84.2 Å². The average molecular weight is 377 g/mol. The third-order valence-corrected chi connectivity index (χ3v) is 6.22. The summed E-state index contributed by atoms with van der Waals surface area (Å²) in [5.74, 6) is 1.20. The number of aryl methyl sites for hydroxylation is 2. The summed E-state index contributed by atoms with van der Waals surface area (Å²) in [5, 5.41) is 4.68. The third kappa shape index (κ3) is 2.16. The Morgan fingerprint density at radius 2 is 1.59 bits per heavy atom. The Labute approximate surface area is 168 Å². The van der Waals surface area contributed by atoms with Gasteiger partial charge in [0.25, 0.3) is 5.82 Å². The van der Waals surface area contributed by atoms with Crippen molar-refractivity contribution in [2.24, 2.45) is 7.05 Å². The monoisotopic (exact) mass is 377 g/mol. The number of benzene rings is 4. The maximum atomic E-state index is 6.30. The van der Waals surface area contributed by atoms with Gasteiger partial charge in [-0.25, -0.2) is 4.57 Å². The molecule has 0 fully saturated rings. The number of imidazole rings is 1. The van der Waals surface area contributed by atoms with Gasteiger partial charge in [-0.1, -0.05) is 42.5 Å². The molecule has 6 aromatic rings. The van der Waals surface area contributed by atoms with Crippen LogP contribution in [0.15, 0.2) is 77.2 Å². The second-order valence-corrected chi connectivity index (χ2v) is 7.83. The van der Waals surface area contributed by atoms with Crippen LogP contribution in [0.5, 0.6) is 0 Å². The van der Waals surface area contributed by atoms with Gasteiger partial charge in [0.05, 0.1) is 7.05 Å². The highest BCUT2D eigenvalue weighted by molar-refractivity contribution is 6.16. The standard InChI is InChI=1S/C26H21N2O/c1-16-8-4-6-10-22(16)28-17(2)27(3)23-14-18-12-13-20-19-9-5-7-11-25(19)29-26(20)21(18)15-24(23)28/h4-15H,1-3H3/q+1. The molecule has 2 heterocycles. The zero-order chi connectivity index (χ0) is 19.7. The average Bonchev–Trinajstić information content (AvgIpc) is 3.23. The summed E-state index contributed by atoms with van der Waals surface area (Å²) in [7, 11) is 2.14. The van der Waals surface area contributed by atoms with Crippen molar-refractivity contribution in [3.8, 4) is 5.69 Å². The van der Waals surface area contributed by atoms with E-state index >= 15 is 0 Å². The van der Waals surface area contributed by atoms with Crippen molar-refractivity contribution in [2.45, 2.75) is 13.8 Å². The SMILES string of the molecule is Cc1ccccc1-n1c(C)[n+](C)c2cc3ccc4c5ccccc5oc4c3cc21. The van der Waals surface area contributed by atoms with Crippen LogP contribution in [0.4, 0.5) is 0 Å². The molecule has 0 saturated heterocycles. The maximum Gasteiger partial charge on any atom is 0.259 e. The highest BCUT2D eigenvalue weighted by Gasteiger charge is 2.23. The fraction of sp³-hybridized carbons (Fsp3) is 0.115. The lowest BCUT2D eigenvalue weighted by Crippen LogP contribution is -2.30. The highest BCUT2D eigenvalue weighted by Crippen LogP contribution is 2.36. The molecule has 3 nitrogen and oxygen atoms in total. The topological polar surface area (TPSA) is 21.9 Å². The minimum Gasteiger partial charge on any atom is -0.455 e. The van der Waals surface area contributed by atoms with E-state index in [2.05, 4.69) is 90.7 Å². The van der Waals surface area contributed by atoms with Crippen LogP contribution in [0, 0.1) is 13.8 Å². The van der Waals surface area contributed by atoms with Crippen LogP contribution in [-0.2, 0) is 7.05 Å². The summed E-state index contributed by atoms with van der Waals surface area (Å²) < 4.78 is 10.9. The summed E-state index contributed by atoms with van der Waals surface area (Å²) in [6, 6.07) is 25.8. The number of nitrogens with zero attached hydrogens (tertiary/aromatic N) is 2. The lowest BCUT2D eigenvalue weighted by molar-refractivity contribution is -0.652. The molecule has 0 spiro atoms. The second-order valence-electron chi connectivity index (χ2n) is 7.83. The molecule has 6 rings (SSSR count). The molecular formula is C26H21N2O+. The molecule has 0 aliphatic rings. The summed E-state index contributed by atoms with van der Waals surface area (Å²) in [5.41, 5.74) is 6.78. The van der Waals surface area contributed by atoms with E-state index < -0.39 is 0 Å². The van der Waals surface area contributed by atoms with E-state index in [0.29, 0.717) is 0 Å². The first-order chi connectivity index (χ1) is 14.1. The van der Waals surface area contributed by atoms with Crippen LogP contribution in [0.1, 0.15) is 11.4 Å². The van der Waals surface area contributed by atoms with Crippen LogP contribution in [0.25, 0.3) is 49.4 Å². The molecule has 0 bridgehead atoms. The molecule has 140 valence electrons. The first-order valence-electron chi connectivity index (χ1n) is 9.94. The van der Waals surface area contributed by atoms with Gasteiger partial charge in [0.1, 0.15) is 16.9 Å². The van der Waals surface area contributed by atoms with Gasteiger partial charge in [-0.05, 0) is 42.1 Å². The van der Waals surface area contributed by atoms with Gasteiger partial charge in [-0.15, -0.1) is 0 Å². The third-order valence-electron chi connectivity index (χ3n) is 6.22. The largest absolute Gasteiger partial charge is 0.455 e. The van der Waals surface area contributed by atoms with Crippen LogP contribution in [0.3, 0.4) is 0 Å². The Morgan fingerprint density at radius 3 is 2.45 bits per heavy atom. The summed E-state index contributed by atoms with van der Waals surface area (Å²) in [6.07, 6.45) is 0. The Bertz CT molecular complexity index is 1580. The van der Waals surface area contributed by atoms with Gasteiger partial charge in [-0.2, -0.15) is 4.57 Å². The molecule has 0 amide bonds. The van der Waals surface area contributed by atoms with E-state index in [1.807, 2.05) is 12.1 Å². The Hall–Kier alpha value is -3.59. The second kappa shape index (κ2) is 5.71. The lowest BCUT2D eigenvalue weighted by atomic mass is 10.0. The number of rotatable bonds is 1. The van der Waals surface area contributed by atoms with E-state index in [1.165, 1.54) is 44.3 Å². The number of aromatic nitrogens is 2. The van der Waals surface area contributed by atoms with E-state index in [-0.39, 0.29) is 0 Å². The number of hydrogen-bond donors (Lipinski definition) is 0. The summed E-state index contributed by atoms with van der Waals surface area (Å²) in [6.45, 7) is 4.34. The lowest BCUT2D eigenvalue weighted by Gasteiger charge is -2.04.